The minimum Gasteiger partial charge on any atom is -0.296 e. The van der Waals surface area contributed by atoms with E-state index in [0.29, 0.717) is 11.0 Å². The van der Waals surface area contributed by atoms with Crippen molar-refractivity contribution in [2.45, 2.75) is 5.88 Å². The molecule has 82 valence electrons. The Bertz CT molecular complexity index is 487. The van der Waals surface area contributed by atoms with Crippen molar-refractivity contribution < 1.29 is 4.79 Å². The lowest BCUT2D eigenvalue weighted by molar-refractivity contribution is 0.102. The first-order chi connectivity index (χ1) is 7.79. The molecule has 7 heteroatoms. The van der Waals surface area contributed by atoms with E-state index in [4.69, 9.17) is 11.6 Å². The van der Waals surface area contributed by atoms with Gasteiger partial charge in [0.15, 0.2) is 5.13 Å². The summed E-state index contributed by atoms with van der Waals surface area (Å²) in [5, 5.41) is 4.92. The van der Waals surface area contributed by atoms with E-state index in [1.165, 1.54) is 29.9 Å². The maximum Gasteiger partial charge on any atom is 0.277 e. The van der Waals surface area contributed by atoms with Gasteiger partial charge in [0, 0.05) is 17.8 Å². The number of nitrogens with one attached hydrogen (secondary N) is 1. The lowest BCUT2D eigenvalue weighted by Crippen LogP contribution is -2.13. The van der Waals surface area contributed by atoms with E-state index in [1.54, 1.807) is 5.38 Å². The van der Waals surface area contributed by atoms with Crippen molar-refractivity contribution in [3.8, 4) is 0 Å². The smallest absolute Gasteiger partial charge is 0.277 e. The number of halogens is 1. The third-order valence-electron chi connectivity index (χ3n) is 1.70. The zero-order valence-corrected chi connectivity index (χ0v) is 9.63. The molecule has 0 spiro atoms. The highest BCUT2D eigenvalue weighted by Gasteiger charge is 2.09. The molecule has 0 unspecified atom stereocenters. The summed E-state index contributed by atoms with van der Waals surface area (Å²) in [5.74, 6) is 0.000841. The molecule has 0 atom stereocenters. The molecule has 0 fully saturated rings. The van der Waals surface area contributed by atoms with E-state index in [0.717, 1.165) is 5.69 Å². The Balaban J connectivity index is 2.08. The number of rotatable bonds is 3. The van der Waals surface area contributed by atoms with Crippen LogP contribution in [0.25, 0.3) is 0 Å². The minimum atomic E-state index is -0.330. The summed E-state index contributed by atoms with van der Waals surface area (Å²) in [5.41, 5.74) is 0.992. The van der Waals surface area contributed by atoms with E-state index in [2.05, 4.69) is 20.3 Å². The van der Waals surface area contributed by atoms with Crippen molar-refractivity contribution in [2.24, 2.45) is 0 Å². The van der Waals surface area contributed by atoms with E-state index in [-0.39, 0.29) is 11.6 Å². The second kappa shape index (κ2) is 5.00. The quantitative estimate of drug-likeness (QED) is 0.850. The molecule has 2 rings (SSSR count). The fourth-order valence-electron chi connectivity index (χ4n) is 1.00. The Morgan fingerprint density at radius 1 is 1.50 bits per heavy atom. The molecule has 2 aromatic rings. The Morgan fingerprint density at radius 2 is 2.38 bits per heavy atom. The summed E-state index contributed by atoms with van der Waals surface area (Å²) in [7, 11) is 0. The number of carbonyl (C=O) groups is 1. The number of nitrogens with zero attached hydrogens (tertiary/aromatic N) is 3. The summed E-state index contributed by atoms with van der Waals surface area (Å²) < 4.78 is 0. The van der Waals surface area contributed by atoms with Crippen molar-refractivity contribution in [2.75, 3.05) is 5.32 Å². The van der Waals surface area contributed by atoms with Crippen LogP contribution >= 0.6 is 22.9 Å². The van der Waals surface area contributed by atoms with E-state index in [1.807, 2.05) is 0 Å². The molecule has 0 saturated carbocycles. The predicted octanol–water partition coefficient (Wildman–Crippen LogP) is 1.92. The molecule has 1 N–H and O–H groups in total. The molecular weight excluding hydrogens is 248 g/mol. The average Bonchev–Trinajstić information content (AvgIpc) is 2.78. The van der Waals surface area contributed by atoms with Crippen LogP contribution in [0.2, 0.25) is 0 Å². The van der Waals surface area contributed by atoms with Crippen molar-refractivity contribution in [3.05, 3.63) is 35.4 Å². The molecular formula is C9H7ClN4OS. The average molecular weight is 255 g/mol. The third-order valence-corrected chi connectivity index (χ3v) is 2.79. The molecule has 0 aliphatic carbocycles. The molecule has 2 aromatic heterocycles. The van der Waals surface area contributed by atoms with Crippen LogP contribution in [0.5, 0.6) is 0 Å². The van der Waals surface area contributed by atoms with Crippen molar-refractivity contribution in [1.29, 1.82) is 0 Å². The van der Waals surface area contributed by atoms with Gasteiger partial charge < -0.3 is 0 Å². The Kier molecular flexibility index (Phi) is 3.43. The van der Waals surface area contributed by atoms with Crippen LogP contribution in [0.1, 0.15) is 16.2 Å². The number of carbonyl (C=O) groups excluding carboxylic acids is 1. The van der Waals surface area contributed by atoms with Gasteiger partial charge in [0.05, 0.1) is 17.8 Å². The molecule has 0 radical (unpaired) electrons. The molecule has 0 aromatic carbocycles. The maximum atomic E-state index is 11.6. The van der Waals surface area contributed by atoms with Gasteiger partial charge in [-0.3, -0.25) is 15.1 Å². The number of aromatic nitrogens is 3. The van der Waals surface area contributed by atoms with Gasteiger partial charge in [-0.15, -0.1) is 22.9 Å². The fourth-order valence-corrected chi connectivity index (χ4v) is 1.94. The standard InChI is InChI=1S/C9H7ClN4OS/c10-3-6-5-16-9(13-6)14-8(15)7-4-11-1-2-12-7/h1-2,4-5H,3H2,(H,13,14,15). The van der Waals surface area contributed by atoms with Crippen molar-refractivity contribution in [1.82, 2.24) is 15.0 Å². The zero-order chi connectivity index (χ0) is 11.4. The van der Waals surface area contributed by atoms with Crippen molar-refractivity contribution >= 4 is 34.0 Å². The van der Waals surface area contributed by atoms with Crippen LogP contribution in [0, 0.1) is 0 Å². The molecule has 0 bridgehead atoms. The van der Waals surface area contributed by atoms with Crippen LogP contribution in [0.15, 0.2) is 24.0 Å². The third kappa shape index (κ3) is 2.53. The molecule has 0 aliphatic heterocycles. The minimum absolute atomic E-state index is 0.255. The Labute approximate surface area is 101 Å². The highest BCUT2D eigenvalue weighted by atomic mass is 35.5. The van der Waals surface area contributed by atoms with E-state index >= 15 is 0 Å². The Morgan fingerprint density at radius 3 is 3.00 bits per heavy atom. The SMILES string of the molecule is O=C(Nc1nc(CCl)cs1)c1cnccn1. The maximum absolute atomic E-state index is 11.6. The second-order valence-corrected chi connectivity index (χ2v) is 3.95. The second-order valence-electron chi connectivity index (χ2n) is 2.82. The molecule has 2 heterocycles. The Hall–Kier alpha value is -1.53. The summed E-state index contributed by atoms with van der Waals surface area (Å²) >= 11 is 6.92. The first kappa shape index (κ1) is 11.0. The lowest BCUT2D eigenvalue weighted by atomic mass is 10.4. The van der Waals surface area contributed by atoms with Gasteiger partial charge in [0.2, 0.25) is 0 Å². The monoisotopic (exact) mass is 254 g/mol. The summed E-state index contributed by atoms with van der Waals surface area (Å²) in [6.45, 7) is 0. The van der Waals surface area contributed by atoms with E-state index in [9.17, 15) is 4.79 Å². The first-order valence-corrected chi connectivity index (χ1v) is 5.79. The summed E-state index contributed by atoms with van der Waals surface area (Å²) in [6, 6.07) is 0. The number of hydrogen-bond acceptors (Lipinski definition) is 5. The summed E-state index contributed by atoms with van der Waals surface area (Å²) in [6.07, 6.45) is 4.36. The number of amides is 1. The van der Waals surface area contributed by atoms with Gasteiger partial charge in [-0.05, 0) is 0 Å². The summed E-state index contributed by atoms with van der Waals surface area (Å²) in [4.78, 5) is 23.4. The van der Waals surface area contributed by atoms with Gasteiger partial charge in [-0.1, -0.05) is 0 Å². The number of anilines is 1. The van der Waals surface area contributed by atoms with Crippen LogP contribution in [-0.2, 0) is 5.88 Å². The number of alkyl halides is 1. The van der Waals surface area contributed by atoms with E-state index < -0.39 is 0 Å². The van der Waals surface area contributed by atoms with Crippen LogP contribution in [0.3, 0.4) is 0 Å². The number of thiazole rings is 1. The molecule has 16 heavy (non-hydrogen) atoms. The lowest BCUT2D eigenvalue weighted by Gasteiger charge is -1.98. The normalized spacial score (nSPS) is 10.1. The highest BCUT2D eigenvalue weighted by molar-refractivity contribution is 7.14. The van der Waals surface area contributed by atoms with Gasteiger partial charge >= 0.3 is 0 Å². The van der Waals surface area contributed by atoms with Crippen molar-refractivity contribution in [3.63, 3.8) is 0 Å². The fraction of sp³-hybridized carbons (Fsp3) is 0.111. The van der Waals surface area contributed by atoms with Gasteiger partial charge in [-0.2, -0.15) is 0 Å². The van der Waals surface area contributed by atoms with Crippen LogP contribution in [-0.4, -0.2) is 20.9 Å². The predicted molar refractivity (Wildman–Crippen MR) is 61.7 cm³/mol. The molecule has 5 nitrogen and oxygen atoms in total. The zero-order valence-electron chi connectivity index (χ0n) is 8.05. The molecule has 1 amide bonds. The van der Waals surface area contributed by atoms with Crippen LogP contribution in [0.4, 0.5) is 5.13 Å². The first-order valence-electron chi connectivity index (χ1n) is 4.37. The topological polar surface area (TPSA) is 67.8 Å². The molecule has 0 aliphatic rings. The molecule has 0 saturated heterocycles. The van der Waals surface area contributed by atoms with Crippen LogP contribution < -0.4 is 5.32 Å². The largest absolute Gasteiger partial charge is 0.296 e. The van der Waals surface area contributed by atoms with Gasteiger partial charge in [0.1, 0.15) is 5.69 Å². The highest BCUT2D eigenvalue weighted by Crippen LogP contribution is 2.17. The van der Waals surface area contributed by atoms with Gasteiger partial charge in [-0.25, -0.2) is 9.97 Å². The van der Waals surface area contributed by atoms with Gasteiger partial charge in [0.25, 0.3) is 5.91 Å². The number of hydrogen-bond donors (Lipinski definition) is 1.